The third kappa shape index (κ3) is 4.77. The predicted molar refractivity (Wildman–Crippen MR) is 134 cm³/mol. The van der Waals surface area contributed by atoms with Crippen LogP contribution < -0.4 is 9.47 Å². The Labute approximate surface area is 214 Å². The van der Waals surface area contributed by atoms with Crippen LogP contribution in [0.15, 0.2) is 35.2 Å². The first-order chi connectivity index (χ1) is 16.3. The molecule has 0 fully saturated rings. The third-order valence-electron chi connectivity index (χ3n) is 5.50. The average molecular weight is 541 g/mol. The molecule has 188 valence electrons. The molecule has 1 aliphatic heterocycles. The van der Waals surface area contributed by atoms with E-state index in [0.717, 1.165) is 0 Å². The lowest BCUT2D eigenvalue weighted by Gasteiger charge is -2.26. The van der Waals surface area contributed by atoms with Crippen LogP contribution in [0.2, 0.25) is 10.0 Å². The minimum atomic E-state index is -4.09. The molecule has 0 bridgehead atoms. The van der Waals surface area contributed by atoms with Crippen molar-refractivity contribution in [2.45, 2.75) is 44.7 Å². The van der Waals surface area contributed by atoms with Crippen LogP contribution in [0.5, 0.6) is 11.5 Å². The molecule has 4 rings (SSSR count). The highest BCUT2D eigenvalue weighted by molar-refractivity contribution is 7.90. The topological polar surface area (TPSA) is 87.1 Å². The normalized spacial score (nSPS) is 14.3. The number of aromatic nitrogens is 1. The van der Waals surface area contributed by atoms with Gasteiger partial charge >= 0.3 is 6.09 Å². The van der Waals surface area contributed by atoms with E-state index in [1.165, 1.54) is 34.2 Å². The minimum Gasteiger partial charge on any atom is -0.493 e. The van der Waals surface area contributed by atoms with Crippen molar-refractivity contribution in [3.8, 4) is 11.5 Å². The maximum atomic E-state index is 13.7. The summed E-state index contributed by atoms with van der Waals surface area (Å²) in [7, 11) is -2.61. The number of hydrogen-bond donors (Lipinski definition) is 0. The summed E-state index contributed by atoms with van der Waals surface area (Å²) in [5, 5.41) is 0.955. The fourth-order valence-electron chi connectivity index (χ4n) is 4.06. The number of nitrogens with zero attached hydrogens (tertiary/aromatic N) is 2. The van der Waals surface area contributed by atoms with Crippen molar-refractivity contribution in [1.82, 2.24) is 8.87 Å². The Bertz CT molecular complexity index is 1430. The fourth-order valence-corrected chi connectivity index (χ4v) is 6.34. The number of rotatable bonds is 3. The van der Waals surface area contributed by atoms with Gasteiger partial charge in [0.05, 0.1) is 30.7 Å². The molecule has 2 heterocycles. The summed E-state index contributed by atoms with van der Waals surface area (Å²) in [6.07, 6.45) is -0.485. The van der Waals surface area contributed by atoms with E-state index in [2.05, 4.69) is 0 Å². The number of aryl methyl sites for hydroxylation is 1. The maximum absolute atomic E-state index is 13.7. The summed E-state index contributed by atoms with van der Waals surface area (Å²) in [5.41, 5.74) is 0.790. The van der Waals surface area contributed by atoms with Crippen molar-refractivity contribution < 1.29 is 27.4 Å². The number of amides is 1. The molecular weight excluding hydrogens is 515 g/mol. The number of carbonyl (C=O) groups excluding carboxylic acids is 1. The number of halogens is 2. The van der Waals surface area contributed by atoms with Crippen LogP contribution in [-0.2, 0) is 21.3 Å². The molecule has 3 aromatic rings. The summed E-state index contributed by atoms with van der Waals surface area (Å²) >= 11 is 12.2. The predicted octanol–water partition coefficient (Wildman–Crippen LogP) is 5.63. The summed E-state index contributed by atoms with van der Waals surface area (Å²) in [4.78, 5) is 14.3. The van der Waals surface area contributed by atoms with Gasteiger partial charge in [0.25, 0.3) is 10.0 Å². The SMILES string of the molecule is COc1cc2c(cc(C)n2S(=O)(=O)c2ccc(Cl)cc2Cl)c2c1OCCN(C(=O)OC(C)(C)C)C2. The molecule has 0 saturated heterocycles. The molecular formula is C24H26Cl2N2O6S. The van der Waals surface area contributed by atoms with Gasteiger partial charge in [0.15, 0.2) is 11.5 Å². The Morgan fingerprint density at radius 3 is 2.49 bits per heavy atom. The van der Waals surface area contributed by atoms with Gasteiger partial charge in [0.2, 0.25) is 0 Å². The van der Waals surface area contributed by atoms with E-state index in [1.807, 2.05) is 0 Å². The van der Waals surface area contributed by atoms with Crippen LogP contribution in [0.1, 0.15) is 32.0 Å². The molecule has 0 aliphatic carbocycles. The largest absolute Gasteiger partial charge is 0.493 e. The van der Waals surface area contributed by atoms with Crippen LogP contribution in [-0.4, -0.2) is 49.2 Å². The summed E-state index contributed by atoms with van der Waals surface area (Å²) in [5.74, 6) is 0.820. The molecule has 1 amide bonds. The molecule has 1 aliphatic rings. The second kappa shape index (κ2) is 9.11. The number of benzene rings is 2. The number of ether oxygens (including phenoxy) is 3. The molecule has 0 saturated carbocycles. The van der Waals surface area contributed by atoms with Crippen LogP contribution in [0.3, 0.4) is 0 Å². The Balaban J connectivity index is 1.91. The maximum Gasteiger partial charge on any atom is 0.410 e. The highest BCUT2D eigenvalue weighted by Gasteiger charge is 2.31. The van der Waals surface area contributed by atoms with Gasteiger partial charge in [-0.15, -0.1) is 0 Å². The first kappa shape index (κ1) is 25.5. The molecule has 0 unspecified atom stereocenters. The molecule has 0 atom stereocenters. The van der Waals surface area contributed by atoms with Gasteiger partial charge < -0.3 is 19.1 Å². The molecule has 2 aromatic carbocycles. The van der Waals surface area contributed by atoms with Gasteiger partial charge in [-0.3, -0.25) is 0 Å². The van der Waals surface area contributed by atoms with Crippen molar-refractivity contribution in [1.29, 1.82) is 0 Å². The number of fused-ring (bicyclic) bond motifs is 3. The van der Waals surface area contributed by atoms with Crippen molar-refractivity contribution in [2.24, 2.45) is 0 Å². The zero-order valence-electron chi connectivity index (χ0n) is 20.0. The van der Waals surface area contributed by atoms with E-state index in [0.29, 0.717) is 45.2 Å². The van der Waals surface area contributed by atoms with Crippen molar-refractivity contribution in [2.75, 3.05) is 20.3 Å². The zero-order chi connectivity index (χ0) is 25.7. The standard InChI is InChI=1S/C24H26Cl2N2O6S/c1-14-10-16-17-13-27(23(29)34-24(2,3)4)8-9-33-22(17)20(32-5)12-19(16)28(14)35(30,31)21-7-6-15(25)11-18(21)26/h6-7,10-12H,8-9,13H2,1-5H3. The van der Waals surface area contributed by atoms with E-state index < -0.39 is 21.7 Å². The number of carbonyl (C=O) groups is 1. The van der Waals surface area contributed by atoms with E-state index in [-0.39, 0.29) is 23.1 Å². The smallest absolute Gasteiger partial charge is 0.410 e. The van der Waals surface area contributed by atoms with E-state index in [1.54, 1.807) is 39.8 Å². The molecule has 8 nitrogen and oxygen atoms in total. The van der Waals surface area contributed by atoms with Gasteiger partial charge in [0, 0.05) is 27.7 Å². The summed E-state index contributed by atoms with van der Waals surface area (Å²) in [6, 6.07) is 7.60. The Hall–Kier alpha value is -2.62. The molecule has 11 heteroatoms. The summed E-state index contributed by atoms with van der Waals surface area (Å²) in [6.45, 7) is 7.76. The van der Waals surface area contributed by atoms with E-state index >= 15 is 0 Å². The molecule has 0 radical (unpaired) electrons. The molecule has 35 heavy (non-hydrogen) atoms. The number of hydrogen-bond acceptors (Lipinski definition) is 6. The highest BCUT2D eigenvalue weighted by atomic mass is 35.5. The lowest BCUT2D eigenvalue weighted by Crippen LogP contribution is -2.37. The Morgan fingerprint density at radius 2 is 1.86 bits per heavy atom. The molecule has 0 spiro atoms. The summed E-state index contributed by atoms with van der Waals surface area (Å²) < 4.78 is 45.7. The van der Waals surface area contributed by atoms with Crippen LogP contribution in [0.4, 0.5) is 4.79 Å². The van der Waals surface area contributed by atoms with Crippen LogP contribution in [0.25, 0.3) is 10.9 Å². The first-order valence-electron chi connectivity index (χ1n) is 10.9. The second-order valence-electron chi connectivity index (χ2n) is 9.20. The quantitative estimate of drug-likeness (QED) is 0.427. The van der Waals surface area contributed by atoms with Gasteiger partial charge in [0.1, 0.15) is 17.1 Å². The van der Waals surface area contributed by atoms with Gasteiger partial charge in [-0.25, -0.2) is 17.2 Å². The first-order valence-corrected chi connectivity index (χ1v) is 13.1. The lowest BCUT2D eigenvalue weighted by atomic mass is 10.1. The molecule has 1 aromatic heterocycles. The minimum absolute atomic E-state index is 0.0138. The zero-order valence-corrected chi connectivity index (χ0v) is 22.3. The van der Waals surface area contributed by atoms with Gasteiger partial charge in [-0.05, 0) is 52.0 Å². The van der Waals surface area contributed by atoms with Gasteiger partial charge in [-0.1, -0.05) is 23.2 Å². The van der Waals surface area contributed by atoms with Gasteiger partial charge in [-0.2, -0.15) is 0 Å². The van der Waals surface area contributed by atoms with Crippen LogP contribution in [0, 0.1) is 6.92 Å². The fraction of sp³-hybridized carbons (Fsp3) is 0.375. The number of methoxy groups -OCH3 is 1. The monoisotopic (exact) mass is 540 g/mol. The Morgan fingerprint density at radius 1 is 1.14 bits per heavy atom. The second-order valence-corrected chi connectivity index (χ2v) is 11.8. The van der Waals surface area contributed by atoms with Crippen molar-refractivity contribution >= 4 is 50.2 Å². The van der Waals surface area contributed by atoms with E-state index in [4.69, 9.17) is 37.4 Å². The van der Waals surface area contributed by atoms with Crippen molar-refractivity contribution in [3.05, 3.63) is 51.6 Å². The molecule has 0 N–H and O–H groups in total. The third-order valence-corrected chi connectivity index (χ3v) is 8.04. The van der Waals surface area contributed by atoms with E-state index in [9.17, 15) is 13.2 Å². The average Bonchev–Trinajstić information content (AvgIpc) is 2.92. The highest BCUT2D eigenvalue weighted by Crippen LogP contribution is 2.42. The van der Waals surface area contributed by atoms with Crippen molar-refractivity contribution in [3.63, 3.8) is 0 Å². The van der Waals surface area contributed by atoms with Crippen LogP contribution >= 0.6 is 23.2 Å². The Kier molecular flexibility index (Phi) is 6.63. The lowest BCUT2D eigenvalue weighted by molar-refractivity contribution is 0.0226.